The molecule has 18 heavy (non-hydrogen) atoms. The molecule has 0 bridgehead atoms. The van der Waals surface area contributed by atoms with Gasteiger partial charge >= 0.3 is 5.97 Å². The first-order valence-electron chi connectivity index (χ1n) is 6.27. The van der Waals surface area contributed by atoms with E-state index in [1.54, 1.807) is 0 Å². The standard InChI is InChI=1S/C7H14O3.C7H8O/c1-6(9)10-5-7(2,3)4-8;8-4-7-5-2-1-3-6(5)7/h8H,4-5H2,1-3H3;1-2,4-7H,3H2. The Morgan fingerprint density at radius 2 is 2.22 bits per heavy atom. The molecule has 2 aliphatic carbocycles. The maximum absolute atomic E-state index is 10.3. The molecule has 2 rings (SSSR count). The second kappa shape index (κ2) is 6.14. The summed E-state index contributed by atoms with van der Waals surface area (Å²) in [7, 11) is 0. The van der Waals surface area contributed by atoms with Crippen LogP contribution in [0.1, 0.15) is 27.2 Å². The topological polar surface area (TPSA) is 63.6 Å². The van der Waals surface area contributed by atoms with Gasteiger partial charge < -0.3 is 14.6 Å². The van der Waals surface area contributed by atoms with Crippen molar-refractivity contribution in [2.75, 3.05) is 13.2 Å². The van der Waals surface area contributed by atoms with E-state index >= 15 is 0 Å². The van der Waals surface area contributed by atoms with Crippen LogP contribution in [0.15, 0.2) is 12.2 Å². The molecule has 1 saturated carbocycles. The number of hydrogen-bond acceptors (Lipinski definition) is 4. The molecule has 1 fully saturated rings. The lowest BCUT2D eigenvalue weighted by Crippen LogP contribution is -2.24. The van der Waals surface area contributed by atoms with Gasteiger partial charge in [0.2, 0.25) is 0 Å². The Morgan fingerprint density at radius 1 is 1.56 bits per heavy atom. The van der Waals surface area contributed by atoms with E-state index in [0.717, 1.165) is 12.7 Å². The van der Waals surface area contributed by atoms with Crippen LogP contribution in [0.5, 0.6) is 0 Å². The van der Waals surface area contributed by atoms with Crippen molar-refractivity contribution in [1.82, 2.24) is 0 Å². The van der Waals surface area contributed by atoms with E-state index in [-0.39, 0.29) is 24.6 Å². The van der Waals surface area contributed by atoms with Crippen molar-refractivity contribution in [3.63, 3.8) is 0 Å². The molecule has 1 N–H and O–H groups in total. The highest BCUT2D eigenvalue weighted by atomic mass is 16.5. The van der Waals surface area contributed by atoms with Gasteiger partial charge in [-0.25, -0.2) is 0 Å². The van der Waals surface area contributed by atoms with Gasteiger partial charge in [0.05, 0.1) is 13.2 Å². The fourth-order valence-electron chi connectivity index (χ4n) is 1.94. The monoisotopic (exact) mass is 254 g/mol. The maximum Gasteiger partial charge on any atom is 0.302 e. The number of aliphatic hydroxyl groups excluding tert-OH is 1. The van der Waals surface area contributed by atoms with Crippen molar-refractivity contribution in [3.05, 3.63) is 12.2 Å². The molecule has 0 spiro atoms. The summed E-state index contributed by atoms with van der Waals surface area (Å²) in [5.74, 6) is 1.46. The van der Waals surface area contributed by atoms with E-state index in [1.165, 1.54) is 6.92 Å². The van der Waals surface area contributed by atoms with Crippen molar-refractivity contribution in [2.45, 2.75) is 27.2 Å². The molecule has 0 aromatic heterocycles. The number of carbonyl (C=O) groups excluding carboxylic acids is 2. The van der Waals surface area contributed by atoms with Crippen LogP contribution in [0.2, 0.25) is 0 Å². The van der Waals surface area contributed by atoms with Crippen molar-refractivity contribution in [3.8, 4) is 0 Å². The van der Waals surface area contributed by atoms with Gasteiger partial charge in [0.25, 0.3) is 0 Å². The third-order valence-corrected chi connectivity index (χ3v) is 3.31. The number of ether oxygens (including phenoxy) is 1. The molecule has 0 saturated heterocycles. The minimum Gasteiger partial charge on any atom is -0.465 e. The Hall–Kier alpha value is -1.16. The Labute approximate surface area is 108 Å². The number of rotatable bonds is 4. The van der Waals surface area contributed by atoms with Gasteiger partial charge in [-0.05, 0) is 18.3 Å². The predicted molar refractivity (Wildman–Crippen MR) is 67.8 cm³/mol. The van der Waals surface area contributed by atoms with Crippen LogP contribution in [-0.2, 0) is 14.3 Å². The average molecular weight is 254 g/mol. The third kappa shape index (κ3) is 4.26. The zero-order valence-corrected chi connectivity index (χ0v) is 11.3. The predicted octanol–water partition coefficient (Wildman–Crippen LogP) is 1.58. The molecule has 102 valence electrons. The summed E-state index contributed by atoms with van der Waals surface area (Å²) >= 11 is 0. The molecular formula is C14H22O4. The van der Waals surface area contributed by atoms with Crippen LogP contribution in [0.25, 0.3) is 0 Å². The lowest BCUT2D eigenvalue weighted by Gasteiger charge is -2.19. The summed E-state index contributed by atoms with van der Waals surface area (Å²) < 4.78 is 4.70. The SMILES string of the molecule is CC(=O)OCC(C)(C)CO.O=CC1C2C=CCC12. The van der Waals surface area contributed by atoms with Crippen LogP contribution in [0.4, 0.5) is 0 Å². The number of aliphatic hydroxyl groups is 1. The Kier molecular flexibility index (Phi) is 5.08. The van der Waals surface area contributed by atoms with Crippen LogP contribution in [0, 0.1) is 23.2 Å². The number of fused-ring (bicyclic) bond motifs is 1. The minimum atomic E-state index is -0.314. The molecule has 4 nitrogen and oxygen atoms in total. The normalized spacial score (nSPS) is 27.9. The second-order valence-corrected chi connectivity index (χ2v) is 5.72. The van der Waals surface area contributed by atoms with Crippen molar-refractivity contribution in [1.29, 1.82) is 0 Å². The van der Waals surface area contributed by atoms with Crippen LogP contribution in [0.3, 0.4) is 0 Å². The van der Waals surface area contributed by atoms with Gasteiger partial charge in [-0.1, -0.05) is 26.0 Å². The van der Waals surface area contributed by atoms with Gasteiger partial charge in [-0.2, -0.15) is 0 Å². The minimum absolute atomic E-state index is 0.0281. The van der Waals surface area contributed by atoms with Gasteiger partial charge in [0.1, 0.15) is 6.29 Å². The summed E-state index contributed by atoms with van der Waals surface area (Å²) in [5.41, 5.74) is -0.314. The van der Waals surface area contributed by atoms with Crippen LogP contribution >= 0.6 is 0 Å². The summed E-state index contributed by atoms with van der Waals surface area (Å²) in [6, 6.07) is 0. The molecule has 0 aliphatic heterocycles. The van der Waals surface area contributed by atoms with Gasteiger partial charge in [-0.15, -0.1) is 0 Å². The second-order valence-electron chi connectivity index (χ2n) is 5.72. The Bertz CT molecular complexity index is 329. The summed E-state index contributed by atoms with van der Waals surface area (Å²) in [6.07, 6.45) is 6.59. The van der Waals surface area contributed by atoms with Crippen molar-refractivity contribution >= 4 is 12.3 Å². The molecule has 0 amide bonds. The van der Waals surface area contributed by atoms with Crippen LogP contribution in [-0.4, -0.2) is 30.6 Å². The first-order chi connectivity index (χ1) is 8.41. The number of aldehydes is 1. The summed E-state index contributed by atoms with van der Waals surface area (Å²) in [6.45, 7) is 5.32. The first-order valence-corrected chi connectivity index (χ1v) is 6.27. The molecule has 0 radical (unpaired) electrons. The van der Waals surface area contributed by atoms with E-state index < -0.39 is 0 Å². The third-order valence-electron chi connectivity index (χ3n) is 3.31. The number of allylic oxidation sites excluding steroid dienone is 2. The number of hydrogen-bond donors (Lipinski definition) is 1. The molecular weight excluding hydrogens is 232 g/mol. The molecule has 4 heteroatoms. The first kappa shape index (κ1) is 14.9. The average Bonchev–Trinajstić information content (AvgIpc) is 2.78. The lowest BCUT2D eigenvalue weighted by atomic mass is 9.97. The quantitative estimate of drug-likeness (QED) is 0.470. The van der Waals surface area contributed by atoms with Gasteiger partial charge in [-0.3, -0.25) is 4.79 Å². The molecule has 0 aromatic rings. The molecule has 3 unspecified atom stereocenters. The molecule has 0 aromatic carbocycles. The largest absolute Gasteiger partial charge is 0.465 e. The Morgan fingerprint density at radius 3 is 2.56 bits per heavy atom. The molecule has 3 atom stereocenters. The summed E-state index contributed by atoms with van der Waals surface area (Å²) in [4.78, 5) is 20.4. The smallest absolute Gasteiger partial charge is 0.302 e. The number of esters is 1. The van der Waals surface area contributed by atoms with E-state index in [9.17, 15) is 9.59 Å². The summed E-state index contributed by atoms with van der Waals surface area (Å²) in [5, 5.41) is 8.72. The van der Waals surface area contributed by atoms with Crippen molar-refractivity contribution in [2.24, 2.45) is 23.2 Å². The zero-order valence-electron chi connectivity index (χ0n) is 11.3. The van der Waals surface area contributed by atoms with E-state index in [2.05, 4.69) is 12.2 Å². The van der Waals surface area contributed by atoms with Gasteiger partial charge in [0.15, 0.2) is 0 Å². The number of carbonyl (C=O) groups is 2. The highest BCUT2D eigenvalue weighted by Gasteiger charge is 2.49. The highest BCUT2D eigenvalue weighted by molar-refractivity contribution is 5.65. The van der Waals surface area contributed by atoms with E-state index in [4.69, 9.17) is 9.84 Å². The van der Waals surface area contributed by atoms with E-state index in [1.807, 2.05) is 13.8 Å². The van der Waals surface area contributed by atoms with Crippen LogP contribution < -0.4 is 0 Å². The fourth-order valence-corrected chi connectivity index (χ4v) is 1.94. The zero-order chi connectivity index (χ0) is 13.8. The van der Waals surface area contributed by atoms with Gasteiger partial charge in [0, 0.05) is 18.3 Å². The lowest BCUT2D eigenvalue weighted by molar-refractivity contribution is -0.144. The molecule has 2 aliphatic rings. The Balaban J connectivity index is 0.000000182. The maximum atomic E-state index is 10.3. The van der Waals surface area contributed by atoms with E-state index in [0.29, 0.717) is 17.8 Å². The van der Waals surface area contributed by atoms with Crippen molar-refractivity contribution < 1.29 is 19.4 Å². The highest BCUT2D eigenvalue weighted by Crippen LogP contribution is 2.52. The molecule has 0 heterocycles. The fraction of sp³-hybridized carbons (Fsp3) is 0.714.